The van der Waals surface area contributed by atoms with E-state index in [4.69, 9.17) is 36.0 Å². The van der Waals surface area contributed by atoms with Crippen LogP contribution in [0.1, 0.15) is 63.9 Å². The molecule has 13 heteroatoms. The van der Waals surface area contributed by atoms with Gasteiger partial charge in [0.2, 0.25) is 6.41 Å². The zero-order valence-electron chi connectivity index (χ0n) is 27.1. The van der Waals surface area contributed by atoms with Gasteiger partial charge in [0.15, 0.2) is 5.82 Å². The normalized spacial score (nSPS) is 21.1. The molecule has 3 aromatic heterocycles. The molecule has 7 rings (SSSR count). The average molecular weight is 665 g/mol. The average Bonchev–Trinajstić information content (AvgIpc) is 3.79. The van der Waals surface area contributed by atoms with E-state index in [-0.39, 0.29) is 22.8 Å². The Morgan fingerprint density at radius 3 is 2.70 bits per heavy atom. The van der Waals surface area contributed by atoms with E-state index < -0.39 is 11.4 Å². The van der Waals surface area contributed by atoms with Gasteiger partial charge in [0.25, 0.3) is 0 Å². The minimum Gasteiger partial charge on any atom is -0.461 e. The van der Waals surface area contributed by atoms with Gasteiger partial charge < -0.3 is 19.7 Å². The van der Waals surface area contributed by atoms with E-state index in [2.05, 4.69) is 25.3 Å². The van der Waals surface area contributed by atoms with E-state index in [9.17, 15) is 4.79 Å². The summed E-state index contributed by atoms with van der Waals surface area (Å²) in [7, 11) is 1.68. The van der Waals surface area contributed by atoms with E-state index in [0.717, 1.165) is 81.8 Å². The van der Waals surface area contributed by atoms with Crippen molar-refractivity contribution in [2.45, 2.75) is 75.8 Å². The summed E-state index contributed by atoms with van der Waals surface area (Å²) in [5, 5.41) is 11.9. The number of carbonyl (C=O) groups excluding carboxylic acids is 1. The number of anilines is 1. The van der Waals surface area contributed by atoms with Gasteiger partial charge in [0.1, 0.15) is 23.6 Å². The number of aromatic amines is 1. The number of piperidine rings is 1. The van der Waals surface area contributed by atoms with Crippen molar-refractivity contribution in [3.8, 4) is 17.3 Å². The molecule has 3 aliphatic heterocycles. The number of fused-ring (bicyclic) bond motifs is 3. The van der Waals surface area contributed by atoms with Crippen molar-refractivity contribution in [2.24, 2.45) is 0 Å². The maximum Gasteiger partial charge on any atom is 0.319 e. The van der Waals surface area contributed by atoms with Crippen LogP contribution >= 0.6 is 11.6 Å². The number of nitrogens with one attached hydrogen (secondary N) is 2. The number of nitrogens with zero attached hydrogens (tertiary/aromatic N) is 6. The Hall–Kier alpha value is -3.61. The van der Waals surface area contributed by atoms with Crippen LogP contribution in [-0.2, 0) is 16.0 Å². The monoisotopic (exact) mass is 664 g/mol. The van der Waals surface area contributed by atoms with Crippen LogP contribution in [0.2, 0.25) is 5.02 Å². The number of carbonyl (C=O) groups is 1. The highest BCUT2D eigenvalue weighted by Crippen LogP contribution is 2.42. The van der Waals surface area contributed by atoms with E-state index in [1.54, 1.807) is 19.5 Å². The maximum atomic E-state index is 17.1. The van der Waals surface area contributed by atoms with Crippen LogP contribution in [0, 0.1) is 5.82 Å². The highest BCUT2D eigenvalue weighted by molar-refractivity contribution is 6.33. The molecule has 1 atom stereocenters. The topological polar surface area (TPSA) is 121 Å². The van der Waals surface area contributed by atoms with Gasteiger partial charge in [-0.25, -0.2) is 4.39 Å². The Labute approximate surface area is 278 Å². The number of benzene rings is 1. The zero-order chi connectivity index (χ0) is 32.6. The molecule has 3 fully saturated rings. The molecular formula is C34H42ClFN8O3. The molecular weight excluding hydrogens is 623 g/mol. The highest BCUT2D eigenvalue weighted by atomic mass is 35.5. The molecule has 11 nitrogen and oxygen atoms in total. The highest BCUT2D eigenvalue weighted by Gasteiger charge is 2.45. The minimum atomic E-state index is -0.564. The number of amides is 1. The molecule has 4 aromatic rings. The van der Waals surface area contributed by atoms with Crippen LogP contribution in [0.15, 0.2) is 18.5 Å². The molecule has 6 heterocycles. The first-order valence-electron chi connectivity index (χ1n) is 16.7. The number of halogens is 2. The van der Waals surface area contributed by atoms with Crippen molar-refractivity contribution in [3.63, 3.8) is 0 Å². The lowest BCUT2D eigenvalue weighted by Crippen LogP contribution is -2.55. The molecule has 3 saturated heterocycles. The predicted molar refractivity (Wildman–Crippen MR) is 180 cm³/mol. The number of methoxy groups -OCH3 is 1. The summed E-state index contributed by atoms with van der Waals surface area (Å²) in [5.74, 6) is -0.0145. The quantitative estimate of drug-likeness (QED) is 0.151. The first-order valence-corrected chi connectivity index (χ1v) is 17.1. The molecule has 0 bridgehead atoms. The smallest absolute Gasteiger partial charge is 0.319 e. The Bertz CT molecular complexity index is 1780. The van der Waals surface area contributed by atoms with Gasteiger partial charge in [-0.3, -0.25) is 19.8 Å². The summed E-state index contributed by atoms with van der Waals surface area (Å²) in [6.45, 7) is 6.45. The Kier molecular flexibility index (Phi) is 8.92. The number of ether oxygens (including phenoxy) is 2. The van der Waals surface area contributed by atoms with E-state index in [1.807, 2.05) is 13.0 Å². The molecule has 1 aromatic carbocycles. The van der Waals surface area contributed by atoms with E-state index in [1.165, 1.54) is 0 Å². The third kappa shape index (κ3) is 6.00. The fourth-order valence-corrected chi connectivity index (χ4v) is 8.30. The fourth-order valence-electron chi connectivity index (χ4n) is 8.01. The van der Waals surface area contributed by atoms with Gasteiger partial charge >= 0.3 is 6.01 Å². The molecule has 3 aliphatic rings. The fraction of sp³-hybridized carbons (Fsp3) is 0.559. The molecule has 0 aliphatic carbocycles. The van der Waals surface area contributed by atoms with Crippen LogP contribution < -0.4 is 15.0 Å². The van der Waals surface area contributed by atoms with Crippen LogP contribution in [0.4, 0.5) is 10.2 Å². The summed E-state index contributed by atoms with van der Waals surface area (Å²) < 4.78 is 28.8. The third-order valence-electron chi connectivity index (χ3n) is 10.4. The number of aromatic nitrogens is 5. The second-order valence-electron chi connectivity index (χ2n) is 13.6. The van der Waals surface area contributed by atoms with Gasteiger partial charge in [-0.2, -0.15) is 15.1 Å². The molecule has 250 valence electrons. The number of pyridine rings is 1. The maximum absolute atomic E-state index is 17.1. The molecule has 1 unspecified atom stereocenters. The molecule has 2 N–H and O–H groups in total. The number of H-pyrrole nitrogens is 1. The summed E-state index contributed by atoms with van der Waals surface area (Å²) in [4.78, 5) is 30.4. The molecule has 0 spiro atoms. The second-order valence-corrected chi connectivity index (χ2v) is 14.0. The number of hydrogen-bond acceptors (Lipinski definition) is 9. The Morgan fingerprint density at radius 2 is 1.91 bits per heavy atom. The molecule has 0 radical (unpaired) electrons. The minimum absolute atomic E-state index is 0.0244. The van der Waals surface area contributed by atoms with Crippen LogP contribution in [0.3, 0.4) is 0 Å². The van der Waals surface area contributed by atoms with E-state index >= 15 is 4.39 Å². The number of unbranched alkanes of at least 4 members (excludes halogenated alkanes) is 1. The van der Waals surface area contributed by atoms with Crippen molar-refractivity contribution < 1.29 is 18.7 Å². The van der Waals surface area contributed by atoms with Crippen molar-refractivity contribution in [1.29, 1.82) is 0 Å². The van der Waals surface area contributed by atoms with Gasteiger partial charge in [-0.15, -0.1) is 0 Å². The SMILES string of the molecule is COCCCCc1c(Cl)cc2[nH]ncc2c1-c1ncc2c(N3CCCC(C)(NC=O)C3)nc(OCC34CCCN3CCC4)nc2c1F. The Morgan fingerprint density at radius 1 is 1.11 bits per heavy atom. The molecule has 47 heavy (non-hydrogen) atoms. The van der Waals surface area contributed by atoms with Gasteiger partial charge in [-0.05, 0) is 89.4 Å². The summed E-state index contributed by atoms with van der Waals surface area (Å²) in [6, 6.07) is 1.98. The predicted octanol–water partition coefficient (Wildman–Crippen LogP) is 5.44. The summed E-state index contributed by atoms with van der Waals surface area (Å²) in [5.41, 5.74) is 1.93. The lowest BCUT2D eigenvalue weighted by atomic mass is 9.91. The van der Waals surface area contributed by atoms with Crippen LogP contribution in [0.25, 0.3) is 33.1 Å². The lowest BCUT2D eigenvalue weighted by molar-refractivity contribution is -0.111. The van der Waals surface area contributed by atoms with Crippen molar-refractivity contribution in [2.75, 3.05) is 51.4 Å². The van der Waals surface area contributed by atoms with Crippen LogP contribution in [0.5, 0.6) is 6.01 Å². The van der Waals surface area contributed by atoms with Gasteiger partial charge in [0.05, 0.1) is 28.2 Å². The van der Waals surface area contributed by atoms with Gasteiger partial charge in [-0.1, -0.05) is 11.6 Å². The zero-order valence-corrected chi connectivity index (χ0v) is 27.8. The van der Waals surface area contributed by atoms with Crippen molar-refractivity contribution in [3.05, 3.63) is 34.9 Å². The first kappa shape index (κ1) is 32.0. The largest absolute Gasteiger partial charge is 0.461 e. The van der Waals surface area contributed by atoms with Crippen molar-refractivity contribution in [1.82, 2.24) is 35.4 Å². The second kappa shape index (κ2) is 13.1. The molecule has 0 saturated carbocycles. The van der Waals surface area contributed by atoms with E-state index in [0.29, 0.717) is 60.0 Å². The van der Waals surface area contributed by atoms with Crippen molar-refractivity contribution >= 4 is 45.6 Å². The lowest BCUT2D eigenvalue weighted by Gasteiger charge is -2.41. The number of rotatable bonds is 12. The Balaban J connectivity index is 1.35. The first-order chi connectivity index (χ1) is 22.8. The molecule has 1 amide bonds. The third-order valence-corrected chi connectivity index (χ3v) is 10.7. The number of hydrogen-bond donors (Lipinski definition) is 2. The van der Waals surface area contributed by atoms with Gasteiger partial charge in [0, 0.05) is 49.0 Å². The summed E-state index contributed by atoms with van der Waals surface area (Å²) >= 11 is 6.83. The standard InChI is InChI=1S/C34H42ClFN8O3/c1-33(38-21-45)9-5-12-43(19-33)31-24-17-37-30(27-22(8-3-4-15-46-2)25(35)16-26-23(27)18-39-42-26)28(36)29(24)40-32(41-31)47-20-34-10-6-13-44(34)14-7-11-34/h16-18,21H,3-15,19-20H2,1-2H3,(H,38,45)(H,39,42). The summed E-state index contributed by atoms with van der Waals surface area (Å²) in [6.07, 6.45) is 12.4. The van der Waals surface area contributed by atoms with Crippen LogP contribution in [-0.4, -0.2) is 94.0 Å².